The summed E-state index contributed by atoms with van der Waals surface area (Å²) in [6, 6.07) is 10.4. The summed E-state index contributed by atoms with van der Waals surface area (Å²) in [7, 11) is 3.03. The van der Waals surface area contributed by atoms with Gasteiger partial charge < -0.3 is 33.7 Å². The van der Waals surface area contributed by atoms with Crippen LogP contribution >= 0.6 is 0 Å². The molecule has 0 aromatic heterocycles. The molecule has 0 aliphatic heterocycles. The van der Waals surface area contributed by atoms with Gasteiger partial charge in [-0.15, -0.1) is 0 Å². The van der Waals surface area contributed by atoms with E-state index in [9.17, 15) is 19.2 Å². The fourth-order valence-corrected chi connectivity index (χ4v) is 4.17. The minimum Gasteiger partial charge on any atom is -0.493 e. The summed E-state index contributed by atoms with van der Waals surface area (Å²) >= 11 is 0. The molecule has 0 heterocycles. The summed E-state index contributed by atoms with van der Waals surface area (Å²) in [6.07, 6.45) is 7.06. The predicted molar refractivity (Wildman–Crippen MR) is 188 cm³/mol. The van der Waals surface area contributed by atoms with Crippen LogP contribution in [-0.2, 0) is 23.9 Å². The Bertz CT molecular complexity index is 1480. The third-order valence-electron chi connectivity index (χ3n) is 6.59. The number of unbranched alkanes of at least 4 members (excludes halogenated alkanes) is 1. The fraction of sp³-hybridized carbons (Fsp3) is 0.474. The summed E-state index contributed by atoms with van der Waals surface area (Å²) in [5.74, 6) is 0.141. The minimum atomic E-state index is -0.889. The van der Waals surface area contributed by atoms with Gasteiger partial charge in [-0.1, -0.05) is 24.3 Å². The topological polar surface area (TPSA) is 136 Å². The molecule has 49 heavy (non-hydrogen) atoms. The van der Waals surface area contributed by atoms with Gasteiger partial charge >= 0.3 is 12.1 Å². The molecular weight excluding hydrogens is 630 g/mol. The van der Waals surface area contributed by atoms with Gasteiger partial charge in [-0.25, -0.2) is 4.79 Å². The van der Waals surface area contributed by atoms with E-state index >= 15 is 0 Å². The van der Waals surface area contributed by atoms with Crippen molar-refractivity contribution in [1.82, 2.24) is 5.32 Å². The van der Waals surface area contributed by atoms with E-state index in [1.807, 2.05) is 20.8 Å². The number of nitrogens with one attached hydrogen (secondary N) is 1. The van der Waals surface area contributed by atoms with Crippen LogP contribution in [0.25, 0.3) is 12.2 Å². The molecule has 0 saturated heterocycles. The van der Waals surface area contributed by atoms with Crippen molar-refractivity contribution in [3.05, 3.63) is 59.7 Å². The lowest BCUT2D eigenvalue weighted by atomic mass is 9.99. The second kappa shape index (κ2) is 19.3. The van der Waals surface area contributed by atoms with Gasteiger partial charge in [-0.2, -0.15) is 0 Å². The van der Waals surface area contributed by atoms with Crippen LogP contribution in [0, 0.1) is 5.92 Å². The van der Waals surface area contributed by atoms with Crippen LogP contribution in [0.3, 0.4) is 0 Å². The molecule has 0 aliphatic rings. The van der Waals surface area contributed by atoms with Gasteiger partial charge in [0.1, 0.15) is 17.8 Å². The second-order valence-electron chi connectivity index (χ2n) is 13.2. The highest BCUT2D eigenvalue weighted by molar-refractivity contribution is 6.13. The lowest BCUT2D eigenvalue weighted by Crippen LogP contribution is -2.34. The number of esters is 1. The van der Waals surface area contributed by atoms with E-state index in [1.54, 1.807) is 76.2 Å². The van der Waals surface area contributed by atoms with Crippen molar-refractivity contribution in [3.63, 3.8) is 0 Å². The zero-order valence-electron chi connectivity index (χ0n) is 30.2. The molecule has 11 heteroatoms. The monoisotopic (exact) mass is 681 g/mol. The molecule has 1 amide bonds. The minimum absolute atomic E-state index is 0.194. The molecule has 2 rings (SSSR count). The lowest BCUT2D eigenvalue weighted by Gasteiger charge is -2.19. The lowest BCUT2D eigenvalue weighted by molar-refractivity contribution is -0.155. The highest BCUT2D eigenvalue weighted by Gasteiger charge is 2.18. The van der Waals surface area contributed by atoms with Crippen molar-refractivity contribution in [2.24, 2.45) is 5.92 Å². The van der Waals surface area contributed by atoms with Crippen LogP contribution in [0.4, 0.5) is 4.79 Å². The van der Waals surface area contributed by atoms with Gasteiger partial charge in [0.15, 0.2) is 34.6 Å². The van der Waals surface area contributed by atoms with Crippen molar-refractivity contribution in [1.29, 1.82) is 0 Å². The maximum atomic E-state index is 12.8. The Balaban J connectivity index is 1.88. The molecule has 0 saturated carbocycles. The number of ketones is 2. The van der Waals surface area contributed by atoms with Crippen molar-refractivity contribution < 1.29 is 47.6 Å². The molecule has 11 nitrogen and oxygen atoms in total. The Morgan fingerprint density at radius 2 is 1.18 bits per heavy atom. The molecule has 2 aromatic carbocycles. The molecule has 268 valence electrons. The quantitative estimate of drug-likeness (QED) is 0.0758. The van der Waals surface area contributed by atoms with Crippen LogP contribution in [0.2, 0.25) is 0 Å². The molecule has 1 N–H and O–H groups in total. The molecule has 0 bridgehead atoms. The standard InChI is InChI=1S/C38H51NO10/c1-26(30(41)18-14-28-16-20-32(34(25-28)45-9)47-23-21-39-36(43)49-38(5,6)7)29(40)17-13-27-15-19-31(33(24-27)44-8)46-22-11-10-12-35(42)48-37(2,3)4/h13-20,24-26H,10-12,21-23H2,1-9H3,(H,39,43)/b17-13+,18-14+. The van der Waals surface area contributed by atoms with Crippen LogP contribution in [0.15, 0.2) is 48.6 Å². The molecule has 1 unspecified atom stereocenters. The van der Waals surface area contributed by atoms with Gasteiger partial charge in [0.25, 0.3) is 0 Å². The SMILES string of the molecule is COc1cc(/C=C/C(=O)C(C)C(=O)/C=C/c2ccc(OCCNC(=O)OC(C)(C)C)c(OC)c2)ccc1OCCCCC(=O)OC(C)(C)C. The first-order valence-electron chi connectivity index (χ1n) is 16.3. The maximum absolute atomic E-state index is 12.8. The van der Waals surface area contributed by atoms with E-state index in [-0.39, 0.29) is 30.7 Å². The first-order valence-corrected chi connectivity index (χ1v) is 16.3. The predicted octanol–water partition coefficient (Wildman–Crippen LogP) is 7.00. The van der Waals surface area contributed by atoms with Gasteiger partial charge in [0.2, 0.25) is 0 Å². The highest BCUT2D eigenvalue weighted by atomic mass is 16.6. The van der Waals surface area contributed by atoms with Gasteiger partial charge in [-0.3, -0.25) is 14.4 Å². The maximum Gasteiger partial charge on any atom is 0.407 e. The third kappa shape index (κ3) is 15.8. The molecule has 1 atom stereocenters. The van der Waals surface area contributed by atoms with E-state index in [1.165, 1.54) is 26.4 Å². The Morgan fingerprint density at radius 1 is 0.694 bits per heavy atom. The smallest absolute Gasteiger partial charge is 0.407 e. The van der Waals surface area contributed by atoms with Gasteiger partial charge in [0, 0.05) is 6.42 Å². The van der Waals surface area contributed by atoms with Crippen molar-refractivity contribution in [2.45, 2.75) is 78.9 Å². The van der Waals surface area contributed by atoms with Gasteiger partial charge in [0.05, 0.1) is 33.3 Å². The third-order valence-corrected chi connectivity index (χ3v) is 6.59. The molecule has 2 aromatic rings. The normalized spacial score (nSPS) is 12.3. The first-order chi connectivity index (χ1) is 23.0. The summed E-state index contributed by atoms with van der Waals surface area (Å²) in [4.78, 5) is 49.2. The number of benzene rings is 2. The van der Waals surface area contributed by atoms with E-state index in [0.717, 1.165) is 0 Å². The van der Waals surface area contributed by atoms with Crippen LogP contribution in [0.1, 0.15) is 78.9 Å². The van der Waals surface area contributed by atoms with Crippen molar-refractivity contribution in [2.75, 3.05) is 34.0 Å². The number of alkyl carbamates (subject to hydrolysis) is 1. The number of carbonyl (C=O) groups is 4. The number of amides is 1. The molecule has 0 aliphatic carbocycles. The van der Waals surface area contributed by atoms with E-state index in [0.29, 0.717) is 60.0 Å². The number of hydrogen-bond acceptors (Lipinski definition) is 10. The number of hydrogen-bond donors (Lipinski definition) is 1. The largest absolute Gasteiger partial charge is 0.493 e. The molecule has 0 spiro atoms. The second-order valence-corrected chi connectivity index (χ2v) is 13.2. The molecular formula is C38H51NO10. The Labute approximate surface area is 289 Å². The average Bonchev–Trinajstić information content (AvgIpc) is 3.02. The summed E-state index contributed by atoms with van der Waals surface area (Å²) in [5, 5.41) is 2.62. The first kappa shape index (κ1) is 40.4. The number of allylic oxidation sites excluding steroid dienone is 2. The molecule has 0 radical (unpaired) electrons. The average molecular weight is 682 g/mol. The Hall–Kier alpha value is -4.80. The van der Waals surface area contributed by atoms with Gasteiger partial charge in [-0.05, 0) is 109 Å². The number of ether oxygens (including phenoxy) is 6. The summed E-state index contributed by atoms with van der Waals surface area (Å²) < 4.78 is 32.9. The summed E-state index contributed by atoms with van der Waals surface area (Å²) in [5.41, 5.74) is 0.290. The van der Waals surface area contributed by atoms with E-state index in [2.05, 4.69) is 5.32 Å². The Morgan fingerprint density at radius 3 is 1.65 bits per heavy atom. The number of rotatable bonds is 18. The zero-order chi connectivity index (χ0) is 36.6. The Kier molecular flexibility index (Phi) is 15.9. The number of methoxy groups -OCH3 is 2. The van der Waals surface area contributed by atoms with E-state index in [4.69, 9.17) is 28.4 Å². The van der Waals surface area contributed by atoms with Crippen LogP contribution in [-0.4, -0.2) is 68.8 Å². The molecule has 0 fully saturated rings. The highest BCUT2D eigenvalue weighted by Crippen LogP contribution is 2.30. The van der Waals surface area contributed by atoms with Crippen LogP contribution in [0.5, 0.6) is 23.0 Å². The number of carbonyl (C=O) groups excluding carboxylic acids is 4. The van der Waals surface area contributed by atoms with E-state index < -0.39 is 23.2 Å². The van der Waals surface area contributed by atoms with Crippen molar-refractivity contribution >= 4 is 35.8 Å². The summed E-state index contributed by atoms with van der Waals surface area (Å²) in [6.45, 7) is 13.3. The van der Waals surface area contributed by atoms with Crippen molar-refractivity contribution in [3.8, 4) is 23.0 Å². The van der Waals surface area contributed by atoms with Crippen LogP contribution < -0.4 is 24.3 Å². The fourth-order valence-electron chi connectivity index (χ4n) is 4.17. The zero-order valence-corrected chi connectivity index (χ0v) is 30.2.